The predicted octanol–water partition coefficient (Wildman–Crippen LogP) is 3.17. The van der Waals surface area contributed by atoms with Crippen LogP contribution in [0.25, 0.3) is 11.0 Å². The molecule has 0 saturated carbocycles. The molecular weight excluding hydrogens is 308 g/mol. The van der Waals surface area contributed by atoms with Crippen molar-refractivity contribution in [3.63, 3.8) is 0 Å². The summed E-state index contributed by atoms with van der Waals surface area (Å²) in [6.07, 6.45) is 1.25. The Labute approximate surface area is 137 Å². The molecule has 1 heterocycles. The number of benzene rings is 2. The lowest BCUT2D eigenvalue weighted by Gasteiger charge is -2.09. The van der Waals surface area contributed by atoms with Crippen LogP contribution >= 0.6 is 0 Å². The van der Waals surface area contributed by atoms with Crippen molar-refractivity contribution in [1.29, 1.82) is 0 Å². The van der Waals surface area contributed by atoms with Crippen LogP contribution < -0.4 is 21.2 Å². The summed E-state index contributed by atoms with van der Waals surface area (Å²) in [6.45, 7) is 2.07. The third kappa shape index (κ3) is 3.22. The summed E-state index contributed by atoms with van der Waals surface area (Å²) in [5.41, 5.74) is 7.19. The Morgan fingerprint density at radius 2 is 2.00 bits per heavy atom. The molecule has 2 amide bonds. The van der Waals surface area contributed by atoms with E-state index in [-0.39, 0.29) is 23.4 Å². The van der Waals surface area contributed by atoms with E-state index in [1.54, 1.807) is 12.1 Å². The van der Waals surface area contributed by atoms with Crippen LogP contribution in [0.3, 0.4) is 0 Å². The lowest BCUT2D eigenvalue weighted by Crippen LogP contribution is -2.20. The lowest BCUT2D eigenvalue weighted by molar-refractivity contribution is 0.259. The number of amides is 2. The molecule has 0 unspecified atom stereocenters. The van der Waals surface area contributed by atoms with Crippen molar-refractivity contribution in [3.8, 4) is 5.75 Å². The summed E-state index contributed by atoms with van der Waals surface area (Å²) in [7, 11) is 0. The number of ether oxygens (including phenoxy) is 1. The molecule has 0 aliphatic heterocycles. The molecule has 1 aromatic heterocycles. The molecule has 0 aliphatic rings. The second kappa shape index (κ2) is 6.45. The summed E-state index contributed by atoms with van der Waals surface area (Å²) in [6, 6.07) is 12.1. The second-order valence-electron chi connectivity index (χ2n) is 5.38. The molecule has 2 aromatic carbocycles. The first-order valence-electron chi connectivity index (χ1n) is 7.34. The smallest absolute Gasteiger partial charge is 0.316 e. The highest BCUT2D eigenvalue weighted by Crippen LogP contribution is 2.25. The number of nitrogens with two attached hydrogens (primary N) is 1. The van der Waals surface area contributed by atoms with Gasteiger partial charge in [0.25, 0.3) is 0 Å². The monoisotopic (exact) mass is 324 g/mol. The van der Waals surface area contributed by atoms with Gasteiger partial charge in [-0.2, -0.15) is 0 Å². The van der Waals surface area contributed by atoms with Gasteiger partial charge >= 0.3 is 6.03 Å². The van der Waals surface area contributed by atoms with Gasteiger partial charge in [0, 0.05) is 0 Å². The first-order chi connectivity index (χ1) is 11.5. The van der Waals surface area contributed by atoms with Crippen LogP contribution in [0.15, 0.2) is 57.9 Å². The van der Waals surface area contributed by atoms with Gasteiger partial charge in [0.2, 0.25) is 11.2 Å². The maximum Gasteiger partial charge on any atom is 0.316 e. The molecule has 24 heavy (non-hydrogen) atoms. The van der Waals surface area contributed by atoms with Crippen LogP contribution in [0.2, 0.25) is 0 Å². The van der Waals surface area contributed by atoms with E-state index in [1.165, 1.54) is 6.26 Å². The Kier molecular flexibility index (Phi) is 4.20. The highest BCUT2D eigenvalue weighted by molar-refractivity contribution is 5.98. The molecule has 0 fully saturated rings. The first kappa shape index (κ1) is 15.6. The zero-order valence-electron chi connectivity index (χ0n) is 13.0. The van der Waals surface area contributed by atoms with Crippen molar-refractivity contribution in [1.82, 2.24) is 0 Å². The zero-order valence-corrected chi connectivity index (χ0v) is 13.0. The Hall–Kier alpha value is -3.28. The number of primary amides is 1. The summed E-state index contributed by atoms with van der Waals surface area (Å²) in [5.74, 6) is 0.113. The fourth-order valence-electron chi connectivity index (χ4n) is 2.43. The molecule has 0 saturated heterocycles. The Morgan fingerprint density at radius 3 is 2.71 bits per heavy atom. The van der Waals surface area contributed by atoms with E-state index in [2.05, 4.69) is 5.32 Å². The minimum absolute atomic E-state index is 0.113. The third-order valence-corrected chi connectivity index (χ3v) is 3.48. The van der Waals surface area contributed by atoms with Gasteiger partial charge in [0.15, 0.2) is 5.58 Å². The summed E-state index contributed by atoms with van der Waals surface area (Å²) >= 11 is 0. The summed E-state index contributed by atoms with van der Waals surface area (Å²) < 4.78 is 11.1. The fourth-order valence-corrected chi connectivity index (χ4v) is 2.43. The van der Waals surface area contributed by atoms with Gasteiger partial charge in [-0.1, -0.05) is 30.3 Å². The zero-order chi connectivity index (χ0) is 17.1. The number of nitrogens with one attached hydrogen (secondary N) is 1. The van der Waals surface area contributed by atoms with E-state index >= 15 is 0 Å². The van der Waals surface area contributed by atoms with Crippen LogP contribution in [0.1, 0.15) is 11.1 Å². The standard InChI is InChI=1S/C18H16N2O4/c1-11-7-13-16(21)15(23-9-12-5-3-2-4-6-12)10-24-17(13)14(8-11)20-18(19)22/h2-8,10H,9H2,1H3,(H3,19,20,22). The molecule has 3 aromatic rings. The van der Waals surface area contributed by atoms with Gasteiger partial charge in [-0.15, -0.1) is 0 Å². The number of hydrogen-bond donors (Lipinski definition) is 2. The van der Waals surface area contributed by atoms with Crippen molar-refractivity contribution < 1.29 is 13.9 Å². The summed E-state index contributed by atoms with van der Waals surface area (Å²) in [4.78, 5) is 23.7. The van der Waals surface area contributed by atoms with E-state index in [1.807, 2.05) is 37.3 Å². The predicted molar refractivity (Wildman–Crippen MR) is 91.2 cm³/mol. The number of fused-ring (bicyclic) bond motifs is 1. The second-order valence-corrected chi connectivity index (χ2v) is 5.38. The Bertz CT molecular complexity index is 948. The lowest BCUT2D eigenvalue weighted by atomic mass is 10.1. The average molecular weight is 324 g/mol. The Morgan fingerprint density at radius 1 is 1.25 bits per heavy atom. The minimum Gasteiger partial charge on any atom is -0.482 e. The van der Waals surface area contributed by atoms with Crippen LogP contribution in [0, 0.1) is 6.92 Å². The molecule has 0 atom stereocenters. The molecule has 122 valence electrons. The SMILES string of the molecule is Cc1cc(NC(N)=O)c2occ(OCc3ccccc3)c(=O)c2c1. The number of urea groups is 1. The van der Waals surface area contributed by atoms with Gasteiger partial charge in [-0.3, -0.25) is 4.79 Å². The number of carbonyl (C=O) groups is 1. The van der Waals surface area contributed by atoms with Crippen molar-refractivity contribution >= 4 is 22.7 Å². The number of rotatable bonds is 4. The largest absolute Gasteiger partial charge is 0.482 e. The molecule has 0 spiro atoms. The van der Waals surface area contributed by atoms with Gasteiger partial charge in [0.1, 0.15) is 12.9 Å². The van der Waals surface area contributed by atoms with Crippen LogP contribution in [0.5, 0.6) is 5.75 Å². The van der Waals surface area contributed by atoms with Crippen molar-refractivity contribution in [2.45, 2.75) is 13.5 Å². The number of aryl methyl sites for hydroxylation is 1. The van der Waals surface area contributed by atoms with Crippen molar-refractivity contribution in [2.24, 2.45) is 5.73 Å². The molecule has 6 heteroatoms. The van der Waals surface area contributed by atoms with Crippen molar-refractivity contribution in [3.05, 3.63) is 70.1 Å². The molecule has 6 nitrogen and oxygen atoms in total. The topological polar surface area (TPSA) is 94.6 Å². The normalized spacial score (nSPS) is 10.5. The number of carbonyl (C=O) groups excluding carboxylic acids is 1. The van der Waals surface area contributed by atoms with Crippen molar-refractivity contribution in [2.75, 3.05) is 5.32 Å². The maximum atomic E-state index is 12.6. The molecule has 0 bridgehead atoms. The van der Waals surface area contributed by atoms with E-state index < -0.39 is 6.03 Å². The van der Waals surface area contributed by atoms with Crippen LogP contribution in [-0.2, 0) is 6.61 Å². The van der Waals surface area contributed by atoms with Gasteiger partial charge < -0.3 is 20.2 Å². The highest BCUT2D eigenvalue weighted by Gasteiger charge is 2.13. The molecular formula is C18H16N2O4. The first-order valence-corrected chi connectivity index (χ1v) is 7.34. The van der Waals surface area contributed by atoms with Crippen LogP contribution in [0.4, 0.5) is 10.5 Å². The number of anilines is 1. The molecule has 3 rings (SSSR count). The maximum absolute atomic E-state index is 12.6. The molecule has 0 aliphatic carbocycles. The van der Waals surface area contributed by atoms with E-state index in [0.717, 1.165) is 11.1 Å². The quantitative estimate of drug-likeness (QED) is 0.770. The van der Waals surface area contributed by atoms with Gasteiger partial charge in [-0.25, -0.2) is 4.79 Å². The minimum atomic E-state index is -0.728. The average Bonchev–Trinajstić information content (AvgIpc) is 2.55. The molecule has 3 N–H and O–H groups in total. The van der Waals surface area contributed by atoms with E-state index in [9.17, 15) is 9.59 Å². The van der Waals surface area contributed by atoms with Gasteiger partial charge in [0.05, 0.1) is 11.1 Å². The van der Waals surface area contributed by atoms with E-state index in [4.69, 9.17) is 14.9 Å². The fraction of sp³-hybridized carbons (Fsp3) is 0.111. The highest BCUT2D eigenvalue weighted by atomic mass is 16.5. The van der Waals surface area contributed by atoms with Crippen LogP contribution in [-0.4, -0.2) is 6.03 Å². The molecule has 0 radical (unpaired) electrons. The number of hydrogen-bond acceptors (Lipinski definition) is 4. The third-order valence-electron chi connectivity index (χ3n) is 3.48. The summed E-state index contributed by atoms with van der Waals surface area (Å²) in [5, 5.41) is 2.78. The van der Waals surface area contributed by atoms with E-state index in [0.29, 0.717) is 11.1 Å². The Balaban J connectivity index is 1.98. The van der Waals surface area contributed by atoms with Gasteiger partial charge in [-0.05, 0) is 30.2 Å².